The molecule has 2 atom stereocenters. The van der Waals surface area contributed by atoms with Crippen LogP contribution in [-0.4, -0.2) is 37.3 Å². The van der Waals surface area contributed by atoms with Gasteiger partial charge >= 0.3 is 0 Å². The van der Waals surface area contributed by atoms with Gasteiger partial charge in [0.2, 0.25) is 5.91 Å². The van der Waals surface area contributed by atoms with Crippen molar-refractivity contribution in [1.29, 1.82) is 0 Å². The van der Waals surface area contributed by atoms with E-state index >= 15 is 0 Å². The summed E-state index contributed by atoms with van der Waals surface area (Å²) in [5, 5.41) is 15.7. The lowest BCUT2D eigenvalue weighted by atomic mass is 9.86. The number of hydrogen-bond donors (Lipinski definition) is 3. The van der Waals surface area contributed by atoms with E-state index in [1.807, 2.05) is 7.05 Å². The zero-order valence-corrected chi connectivity index (χ0v) is 10.2. The Kier molecular flexibility index (Phi) is 6.42. The molecule has 0 aromatic rings. The van der Waals surface area contributed by atoms with E-state index in [1.54, 1.807) is 0 Å². The Labute approximate surface area is 97.8 Å². The van der Waals surface area contributed by atoms with Crippen molar-refractivity contribution in [1.82, 2.24) is 10.6 Å². The van der Waals surface area contributed by atoms with Gasteiger partial charge in [-0.2, -0.15) is 0 Å². The third kappa shape index (κ3) is 4.94. The highest BCUT2D eigenvalue weighted by Gasteiger charge is 2.22. The number of nitrogens with one attached hydrogen (secondary N) is 2. The Balaban J connectivity index is 2.10. The summed E-state index contributed by atoms with van der Waals surface area (Å²) in [6.45, 7) is 1.51. The lowest BCUT2D eigenvalue weighted by Gasteiger charge is -2.27. The molecule has 0 radical (unpaired) electrons. The average molecular weight is 228 g/mol. The lowest BCUT2D eigenvalue weighted by molar-refractivity contribution is -0.121. The van der Waals surface area contributed by atoms with Gasteiger partial charge in [-0.05, 0) is 32.9 Å². The summed E-state index contributed by atoms with van der Waals surface area (Å²) in [5.41, 5.74) is 0. The predicted molar refractivity (Wildman–Crippen MR) is 64.1 cm³/mol. The third-order valence-electron chi connectivity index (χ3n) is 3.26. The van der Waals surface area contributed by atoms with Gasteiger partial charge in [0.25, 0.3) is 0 Å². The molecular weight excluding hydrogens is 204 g/mol. The van der Waals surface area contributed by atoms with Crippen LogP contribution in [0.1, 0.15) is 38.5 Å². The second-order valence-corrected chi connectivity index (χ2v) is 4.62. The number of hydrogen-bond acceptors (Lipinski definition) is 3. The maximum atomic E-state index is 11.4. The molecule has 1 fully saturated rings. The number of aliphatic hydroxyl groups excluding tert-OH is 1. The van der Waals surface area contributed by atoms with E-state index in [-0.39, 0.29) is 17.9 Å². The summed E-state index contributed by atoms with van der Waals surface area (Å²) >= 11 is 0. The first-order chi connectivity index (χ1) is 7.74. The molecule has 0 bridgehead atoms. The SMILES string of the molecule is CNCCCC(=O)NCC1CCCCC1O. The largest absolute Gasteiger partial charge is 0.393 e. The molecule has 1 amide bonds. The van der Waals surface area contributed by atoms with Gasteiger partial charge in [0.05, 0.1) is 6.10 Å². The number of carbonyl (C=O) groups excluding carboxylic acids is 1. The van der Waals surface area contributed by atoms with Crippen LogP contribution in [0.3, 0.4) is 0 Å². The maximum Gasteiger partial charge on any atom is 0.220 e. The van der Waals surface area contributed by atoms with Crippen molar-refractivity contribution in [2.75, 3.05) is 20.1 Å². The predicted octanol–water partition coefficient (Wildman–Crippen LogP) is 0.653. The first-order valence-corrected chi connectivity index (χ1v) is 6.33. The number of rotatable bonds is 6. The van der Waals surface area contributed by atoms with Crippen molar-refractivity contribution < 1.29 is 9.90 Å². The van der Waals surface area contributed by atoms with Crippen LogP contribution in [0.2, 0.25) is 0 Å². The molecule has 0 aliphatic heterocycles. The second-order valence-electron chi connectivity index (χ2n) is 4.62. The van der Waals surface area contributed by atoms with Crippen LogP contribution in [0.4, 0.5) is 0 Å². The van der Waals surface area contributed by atoms with Crippen LogP contribution < -0.4 is 10.6 Å². The Morgan fingerprint density at radius 3 is 2.81 bits per heavy atom. The summed E-state index contributed by atoms with van der Waals surface area (Å²) < 4.78 is 0. The van der Waals surface area contributed by atoms with Gasteiger partial charge in [0.15, 0.2) is 0 Å². The van der Waals surface area contributed by atoms with E-state index in [9.17, 15) is 9.90 Å². The minimum Gasteiger partial charge on any atom is -0.393 e. The van der Waals surface area contributed by atoms with Crippen LogP contribution in [0.25, 0.3) is 0 Å². The van der Waals surface area contributed by atoms with Crippen LogP contribution in [0, 0.1) is 5.92 Å². The normalized spacial score (nSPS) is 25.4. The van der Waals surface area contributed by atoms with Crippen LogP contribution in [-0.2, 0) is 4.79 Å². The fourth-order valence-electron chi connectivity index (χ4n) is 2.19. The highest BCUT2D eigenvalue weighted by molar-refractivity contribution is 5.75. The average Bonchev–Trinajstić information content (AvgIpc) is 2.28. The van der Waals surface area contributed by atoms with Gasteiger partial charge in [0, 0.05) is 18.9 Å². The lowest BCUT2D eigenvalue weighted by Crippen LogP contribution is -2.36. The molecule has 1 saturated carbocycles. The van der Waals surface area contributed by atoms with E-state index in [0.29, 0.717) is 13.0 Å². The van der Waals surface area contributed by atoms with E-state index < -0.39 is 0 Å². The summed E-state index contributed by atoms with van der Waals surface area (Å²) in [4.78, 5) is 11.4. The Hall–Kier alpha value is -0.610. The molecule has 1 aliphatic carbocycles. The zero-order chi connectivity index (χ0) is 11.8. The topological polar surface area (TPSA) is 61.4 Å². The van der Waals surface area contributed by atoms with Crippen molar-refractivity contribution in [3.05, 3.63) is 0 Å². The van der Waals surface area contributed by atoms with Gasteiger partial charge in [-0.25, -0.2) is 0 Å². The van der Waals surface area contributed by atoms with E-state index in [0.717, 1.165) is 32.2 Å². The van der Waals surface area contributed by atoms with E-state index in [2.05, 4.69) is 10.6 Å². The fourth-order valence-corrected chi connectivity index (χ4v) is 2.19. The van der Waals surface area contributed by atoms with Crippen molar-refractivity contribution in [3.8, 4) is 0 Å². The Morgan fingerprint density at radius 1 is 1.38 bits per heavy atom. The monoisotopic (exact) mass is 228 g/mol. The number of carbonyl (C=O) groups is 1. The summed E-state index contributed by atoms with van der Waals surface area (Å²) in [6.07, 6.45) is 5.45. The smallest absolute Gasteiger partial charge is 0.220 e. The first-order valence-electron chi connectivity index (χ1n) is 6.33. The summed E-state index contributed by atoms with van der Waals surface area (Å²) in [7, 11) is 1.89. The summed E-state index contributed by atoms with van der Waals surface area (Å²) in [5.74, 6) is 0.370. The molecule has 94 valence electrons. The van der Waals surface area contributed by atoms with Crippen molar-refractivity contribution in [2.45, 2.75) is 44.6 Å². The Morgan fingerprint density at radius 2 is 2.12 bits per heavy atom. The molecule has 2 unspecified atom stereocenters. The van der Waals surface area contributed by atoms with Gasteiger partial charge in [0.1, 0.15) is 0 Å². The van der Waals surface area contributed by atoms with Crippen LogP contribution in [0.15, 0.2) is 0 Å². The molecule has 1 rings (SSSR count). The number of amides is 1. The molecule has 0 aromatic carbocycles. The fraction of sp³-hybridized carbons (Fsp3) is 0.917. The molecular formula is C12H24N2O2. The first kappa shape index (κ1) is 13.5. The van der Waals surface area contributed by atoms with E-state index in [4.69, 9.17) is 0 Å². The highest BCUT2D eigenvalue weighted by Crippen LogP contribution is 2.23. The van der Waals surface area contributed by atoms with Gasteiger partial charge in [-0.1, -0.05) is 12.8 Å². The molecule has 4 heteroatoms. The number of aliphatic hydroxyl groups is 1. The van der Waals surface area contributed by atoms with Crippen molar-refractivity contribution in [2.24, 2.45) is 5.92 Å². The molecule has 0 spiro atoms. The van der Waals surface area contributed by atoms with Gasteiger partial charge in [-0.15, -0.1) is 0 Å². The van der Waals surface area contributed by atoms with Gasteiger partial charge < -0.3 is 15.7 Å². The minimum atomic E-state index is -0.216. The molecule has 16 heavy (non-hydrogen) atoms. The van der Waals surface area contributed by atoms with Crippen LogP contribution >= 0.6 is 0 Å². The van der Waals surface area contributed by atoms with Gasteiger partial charge in [-0.3, -0.25) is 4.79 Å². The zero-order valence-electron chi connectivity index (χ0n) is 10.2. The van der Waals surface area contributed by atoms with Crippen molar-refractivity contribution in [3.63, 3.8) is 0 Å². The molecule has 0 heterocycles. The molecule has 0 saturated heterocycles. The summed E-state index contributed by atoms with van der Waals surface area (Å²) in [6, 6.07) is 0. The molecule has 4 nitrogen and oxygen atoms in total. The minimum absolute atomic E-state index is 0.105. The Bertz CT molecular complexity index is 209. The highest BCUT2D eigenvalue weighted by atomic mass is 16.3. The molecule has 0 aromatic heterocycles. The third-order valence-corrected chi connectivity index (χ3v) is 3.26. The van der Waals surface area contributed by atoms with Crippen LogP contribution in [0.5, 0.6) is 0 Å². The maximum absolute atomic E-state index is 11.4. The molecule has 1 aliphatic rings. The quantitative estimate of drug-likeness (QED) is 0.585. The standard InChI is InChI=1S/C12H24N2O2/c1-13-8-4-7-12(16)14-9-10-5-2-3-6-11(10)15/h10-11,13,15H,2-9H2,1H3,(H,14,16). The van der Waals surface area contributed by atoms with E-state index in [1.165, 1.54) is 6.42 Å². The molecule has 3 N–H and O–H groups in total. The van der Waals surface area contributed by atoms with Crippen molar-refractivity contribution >= 4 is 5.91 Å². The second kappa shape index (κ2) is 7.63.